The first-order valence-corrected chi connectivity index (χ1v) is 6.29. The zero-order valence-electron chi connectivity index (χ0n) is 10.3. The SMILES string of the molecule is Cc1cc(NC(=O)CNC2CCCCC2)n[nH]1. The average Bonchev–Trinajstić information content (AvgIpc) is 2.73. The predicted molar refractivity (Wildman–Crippen MR) is 66.8 cm³/mol. The second-order valence-corrected chi connectivity index (χ2v) is 4.70. The molecule has 0 aromatic carbocycles. The lowest BCUT2D eigenvalue weighted by Gasteiger charge is -2.22. The fraction of sp³-hybridized carbons (Fsp3) is 0.667. The number of anilines is 1. The Morgan fingerprint density at radius 1 is 1.47 bits per heavy atom. The molecule has 1 aromatic rings. The summed E-state index contributed by atoms with van der Waals surface area (Å²) in [6.07, 6.45) is 6.26. The molecule has 1 aliphatic carbocycles. The summed E-state index contributed by atoms with van der Waals surface area (Å²) in [5.41, 5.74) is 0.945. The molecule has 2 rings (SSSR count). The fourth-order valence-corrected chi connectivity index (χ4v) is 2.21. The van der Waals surface area contributed by atoms with Crippen LogP contribution in [0.4, 0.5) is 5.82 Å². The Labute approximate surface area is 101 Å². The monoisotopic (exact) mass is 236 g/mol. The van der Waals surface area contributed by atoms with E-state index in [1.165, 1.54) is 32.1 Å². The Kier molecular flexibility index (Phi) is 4.14. The maximum Gasteiger partial charge on any atom is 0.239 e. The zero-order valence-corrected chi connectivity index (χ0v) is 10.3. The van der Waals surface area contributed by atoms with E-state index in [0.717, 1.165) is 5.69 Å². The van der Waals surface area contributed by atoms with Crippen LogP contribution >= 0.6 is 0 Å². The molecule has 94 valence electrons. The summed E-state index contributed by atoms with van der Waals surface area (Å²) < 4.78 is 0. The topological polar surface area (TPSA) is 69.8 Å². The Hall–Kier alpha value is -1.36. The van der Waals surface area contributed by atoms with Gasteiger partial charge < -0.3 is 10.6 Å². The van der Waals surface area contributed by atoms with Gasteiger partial charge in [-0.3, -0.25) is 9.89 Å². The molecule has 5 nitrogen and oxygen atoms in total. The van der Waals surface area contributed by atoms with Crippen molar-refractivity contribution < 1.29 is 4.79 Å². The number of hydrogen-bond donors (Lipinski definition) is 3. The minimum Gasteiger partial charge on any atom is -0.308 e. The van der Waals surface area contributed by atoms with Crippen molar-refractivity contribution in [3.05, 3.63) is 11.8 Å². The van der Waals surface area contributed by atoms with E-state index in [2.05, 4.69) is 20.8 Å². The maximum atomic E-state index is 11.6. The van der Waals surface area contributed by atoms with Crippen LogP contribution in [0.5, 0.6) is 0 Å². The van der Waals surface area contributed by atoms with E-state index >= 15 is 0 Å². The lowest BCUT2D eigenvalue weighted by molar-refractivity contribution is -0.115. The molecule has 0 aliphatic heterocycles. The van der Waals surface area contributed by atoms with E-state index in [1.807, 2.05) is 13.0 Å². The van der Waals surface area contributed by atoms with Crippen LogP contribution in [0.25, 0.3) is 0 Å². The molecule has 1 fully saturated rings. The van der Waals surface area contributed by atoms with Crippen molar-refractivity contribution in [2.24, 2.45) is 0 Å². The summed E-state index contributed by atoms with van der Waals surface area (Å²) in [5, 5.41) is 12.8. The predicted octanol–water partition coefficient (Wildman–Crippen LogP) is 1.58. The van der Waals surface area contributed by atoms with Crippen LogP contribution in [-0.4, -0.2) is 28.7 Å². The van der Waals surface area contributed by atoms with Crippen LogP contribution in [0.15, 0.2) is 6.07 Å². The summed E-state index contributed by atoms with van der Waals surface area (Å²) >= 11 is 0. The molecule has 0 spiro atoms. The van der Waals surface area contributed by atoms with E-state index in [4.69, 9.17) is 0 Å². The van der Waals surface area contributed by atoms with Crippen molar-refractivity contribution in [2.75, 3.05) is 11.9 Å². The summed E-state index contributed by atoms with van der Waals surface area (Å²) in [6.45, 7) is 2.28. The van der Waals surface area contributed by atoms with Gasteiger partial charge in [-0.25, -0.2) is 0 Å². The highest BCUT2D eigenvalue weighted by molar-refractivity contribution is 5.91. The molecule has 0 saturated heterocycles. The number of aryl methyl sites for hydroxylation is 1. The Morgan fingerprint density at radius 3 is 2.88 bits per heavy atom. The van der Waals surface area contributed by atoms with Crippen molar-refractivity contribution in [1.29, 1.82) is 0 Å². The first-order valence-electron chi connectivity index (χ1n) is 6.29. The van der Waals surface area contributed by atoms with E-state index < -0.39 is 0 Å². The number of nitrogens with one attached hydrogen (secondary N) is 3. The van der Waals surface area contributed by atoms with Gasteiger partial charge >= 0.3 is 0 Å². The number of aromatic amines is 1. The van der Waals surface area contributed by atoms with E-state index in [0.29, 0.717) is 18.4 Å². The van der Waals surface area contributed by atoms with Gasteiger partial charge in [0.05, 0.1) is 6.54 Å². The van der Waals surface area contributed by atoms with Gasteiger partial charge in [0.25, 0.3) is 0 Å². The summed E-state index contributed by atoms with van der Waals surface area (Å²) in [4.78, 5) is 11.6. The molecule has 0 atom stereocenters. The van der Waals surface area contributed by atoms with Gasteiger partial charge in [0.2, 0.25) is 5.91 Å². The molecule has 0 bridgehead atoms. The van der Waals surface area contributed by atoms with Crippen LogP contribution in [0.3, 0.4) is 0 Å². The highest BCUT2D eigenvalue weighted by atomic mass is 16.2. The van der Waals surface area contributed by atoms with Crippen molar-refractivity contribution >= 4 is 11.7 Å². The molecule has 5 heteroatoms. The Bertz CT molecular complexity index is 368. The molecule has 0 unspecified atom stereocenters. The van der Waals surface area contributed by atoms with E-state index in [1.54, 1.807) is 0 Å². The average molecular weight is 236 g/mol. The molecule has 1 aromatic heterocycles. The highest BCUT2D eigenvalue weighted by Gasteiger charge is 2.14. The Morgan fingerprint density at radius 2 is 2.24 bits per heavy atom. The number of rotatable bonds is 4. The molecule has 0 radical (unpaired) electrons. The van der Waals surface area contributed by atoms with Crippen LogP contribution in [0.1, 0.15) is 37.8 Å². The van der Waals surface area contributed by atoms with Gasteiger partial charge in [-0.05, 0) is 19.8 Å². The smallest absolute Gasteiger partial charge is 0.239 e. The molecule has 1 saturated carbocycles. The molecule has 1 aliphatic rings. The Balaban J connectivity index is 1.70. The summed E-state index contributed by atoms with van der Waals surface area (Å²) in [6, 6.07) is 2.33. The van der Waals surface area contributed by atoms with E-state index in [-0.39, 0.29) is 5.91 Å². The summed E-state index contributed by atoms with van der Waals surface area (Å²) in [5.74, 6) is 0.569. The fourth-order valence-electron chi connectivity index (χ4n) is 2.21. The number of amides is 1. The van der Waals surface area contributed by atoms with Crippen LogP contribution < -0.4 is 10.6 Å². The van der Waals surface area contributed by atoms with Crippen molar-refractivity contribution in [1.82, 2.24) is 15.5 Å². The normalized spacial score (nSPS) is 17.0. The second kappa shape index (κ2) is 5.82. The van der Waals surface area contributed by atoms with Crippen LogP contribution in [0, 0.1) is 6.92 Å². The van der Waals surface area contributed by atoms with Crippen LogP contribution in [0.2, 0.25) is 0 Å². The molecule has 1 amide bonds. The van der Waals surface area contributed by atoms with Gasteiger partial charge in [0.1, 0.15) is 0 Å². The lowest BCUT2D eigenvalue weighted by atomic mass is 9.95. The molecule has 17 heavy (non-hydrogen) atoms. The largest absolute Gasteiger partial charge is 0.308 e. The third-order valence-electron chi connectivity index (χ3n) is 3.13. The second-order valence-electron chi connectivity index (χ2n) is 4.70. The van der Waals surface area contributed by atoms with Crippen molar-refractivity contribution in [3.63, 3.8) is 0 Å². The molecule has 1 heterocycles. The molecular formula is C12H20N4O. The van der Waals surface area contributed by atoms with Gasteiger partial charge in [-0.1, -0.05) is 19.3 Å². The lowest BCUT2D eigenvalue weighted by Crippen LogP contribution is -2.37. The summed E-state index contributed by atoms with van der Waals surface area (Å²) in [7, 11) is 0. The maximum absolute atomic E-state index is 11.6. The van der Waals surface area contributed by atoms with Gasteiger partial charge in [-0.2, -0.15) is 5.10 Å². The quantitative estimate of drug-likeness (QED) is 0.743. The van der Waals surface area contributed by atoms with Gasteiger partial charge in [0.15, 0.2) is 5.82 Å². The highest BCUT2D eigenvalue weighted by Crippen LogP contribution is 2.17. The standard InChI is InChI=1S/C12H20N4O/c1-9-7-11(16-15-9)14-12(17)8-13-10-5-3-2-4-6-10/h7,10,13H,2-6,8H2,1H3,(H2,14,15,16,17). The first-order chi connectivity index (χ1) is 8.24. The minimum atomic E-state index is -0.0259. The zero-order chi connectivity index (χ0) is 12.1. The number of carbonyl (C=O) groups excluding carboxylic acids is 1. The number of aromatic nitrogens is 2. The van der Waals surface area contributed by atoms with E-state index in [9.17, 15) is 4.79 Å². The third-order valence-corrected chi connectivity index (χ3v) is 3.13. The number of nitrogens with zero attached hydrogens (tertiary/aromatic N) is 1. The van der Waals surface area contributed by atoms with Crippen molar-refractivity contribution in [3.8, 4) is 0 Å². The van der Waals surface area contributed by atoms with Gasteiger partial charge in [-0.15, -0.1) is 0 Å². The number of hydrogen-bond acceptors (Lipinski definition) is 3. The van der Waals surface area contributed by atoms with Gasteiger partial charge in [0, 0.05) is 17.8 Å². The third kappa shape index (κ3) is 3.85. The first kappa shape index (κ1) is 12.1. The number of carbonyl (C=O) groups is 1. The van der Waals surface area contributed by atoms with Crippen molar-refractivity contribution in [2.45, 2.75) is 45.1 Å². The van der Waals surface area contributed by atoms with Crippen LogP contribution in [-0.2, 0) is 4.79 Å². The minimum absolute atomic E-state index is 0.0259. The molecular weight excluding hydrogens is 216 g/mol. The molecule has 3 N–H and O–H groups in total. The number of H-pyrrole nitrogens is 1.